The van der Waals surface area contributed by atoms with Crippen molar-refractivity contribution in [2.24, 2.45) is 0 Å². The van der Waals surface area contributed by atoms with Crippen molar-refractivity contribution in [1.82, 2.24) is 4.90 Å². The predicted octanol–water partition coefficient (Wildman–Crippen LogP) is 2.87. The highest BCUT2D eigenvalue weighted by atomic mass is 35.5. The smallest absolute Gasteiger partial charge is 0.257 e. The van der Waals surface area contributed by atoms with Crippen LogP contribution < -0.4 is 0 Å². The van der Waals surface area contributed by atoms with Crippen molar-refractivity contribution in [2.45, 2.75) is 5.38 Å². The lowest BCUT2D eigenvalue weighted by atomic mass is 10.0. The van der Waals surface area contributed by atoms with E-state index in [0.717, 1.165) is 5.39 Å². The predicted molar refractivity (Wildman–Crippen MR) is 84.1 cm³/mol. The number of carbonyl (C=O) groups is 1. The van der Waals surface area contributed by atoms with Crippen LogP contribution in [0.4, 0.5) is 0 Å². The number of rotatable bonds is 5. The number of fused-ring (bicyclic) bond motifs is 1. The summed E-state index contributed by atoms with van der Waals surface area (Å²) in [5, 5.41) is 11.6. The van der Waals surface area contributed by atoms with E-state index in [1.165, 1.54) is 4.90 Å². The van der Waals surface area contributed by atoms with Gasteiger partial charge < -0.3 is 14.7 Å². The van der Waals surface area contributed by atoms with Gasteiger partial charge in [-0.2, -0.15) is 0 Å². The number of ether oxygens (including phenoxy) is 1. The zero-order valence-corrected chi connectivity index (χ0v) is 12.8. The molecule has 21 heavy (non-hydrogen) atoms. The zero-order valence-electron chi connectivity index (χ0n) is 12.0. The van der Waals surface area contributed by atoms with Crippen LogP contribution in [0.5, 0.6) is 5.75 Å². The summed E-state index contributed by atoms with van der Waals surface area (Å²) in [7, 11) is 3.22. The Kier molecular flexibility index (Phi) is 5.04. The highest BCUT2D eigenvalue weighted by Crippen LogP contribution is 2.29. The number of benzene rings is 2. The van der Waals surface area contributed by atoms with Gasteiger partial charge in [0, 0.05) is 26.1 Å². The summed E-state index contributed by atoms with van der Waals surface area (Å²) in [6.07, 6.45) is 0. The fraction of sp³-hybridized carbons (Fsp3) is 0.312. The molecular weight excluding hydrogens is 290 g/mol. The molecule has 4 nitrogen and oxygen atoms in total. The fourth-order valence-corrected chi connectivity index (χ4v) is 2.58. The maximum atomic E-state index is 12.4. The molecule has 0 aromatic heterocycles. The van der Waals surface area contributed by atoms with E-state index < -0.39 is 0 Å². The van der Waals surface area contributed by atoms with E-state index in [9.17, 15) is 9.90 Å². The Labute approximate surface area is 128 Å². The molecule has 0 aliphatic rings. The van der Waals surface area contributed by atoms with Crippen molar-refractivity contribution < 1.29 is 14.6 Å². The Morgan fingerprint density at radius 3 is 2.76 bits per heavy atom. The Hall–Kier alpha value is -1.78. The number of halogens is 1. The highest BCUT2D eigenvalue weighted by molar-refractivity contribution is 6.21. The molecule has 1 atom stereocenters. The lowest BCUT2D eigenvalue weighted by Gasteiger charge is -2.21. The standard InChI is InChI=1S/C16H18ClNO3/c1-18(9-12(17)10-21-2)16(20)14-8-7-11-5-3-4-6-13(11)15(14)19/h3-8,12,19H,9-10H2,1-2H3. The molecule has 2 aromatic carbocycles. The second kappa shape index (κ2) is 6.78. The highest BCUT2D eigenvalue weighted by Gasteiger charge is 2.19. The Balaban J connectivity index is 2.25. The van der Waals surface area contributed by atoms with E-state index in [1.807, 2.05) is 24.3 Å². The van der Waals surface area contributed by atoms with Crippen LogP contribution in [-0.4, -0.2) is 48.6 Å². The molecule has 0 spiro atoms. The van der Waals surface area contributed by atoms with Crippen LogP contribution >= 0.6 is 11.6 Å². The van der Waals surface area contributed by atoms with Gasteiger partial charge >= 0.3 is 0 Å². The first-order valence-electron chi connectivity index (χ1n) is 6.63. The number of aromatic hydroxyl groups is 1. The van der Waals surface area contributed by atoms with Gasteiger partial charge in [0.25, 0.3) is 5.91 Å². The Morgan fingerprint density at radius 1 is 1.33 bits per heavy atom. The van der Waals surface area contributed by atoms with Crippen LogP contribution in [0, 0.1) is 0 Å². The summed E-state index contributed by atoms with van der Waals surface area (Å²) in [5.41, 5.74) is 0.275. The van der Waals surface area contributed by atoms with Gasteiger partial charge in [-0.1, -0.05) is 30.3 Å². The number of phenolic OH excluding ortho intramolecular Hbond substituents is 1. The number of amides is 1. The van der Waals surface area contributed by atoms with E-state index in [0.29, 0.717) is 18.5 Å². The van der Waals surface area contributed by atoms with Crippen LogP contribution in [0.25, 0.3) is 10.8 Å². The second-order valence-electron chi connectivity index (χ2n) is 4.92. The minimum atomic E-state index is -0.286. The number of methoxy groups -OCH3 is 1. The summed E-state index contributed by atoms with van der Waals surface area (Å²) in [6.45, 7) is 0.712. The molecule has 1 unspecified atom stereocenters. The number of carbonyl (C=O) groups excluding carboxylic acids is 1. The SMILES string of the molecule is COCC(Cl)CN(C)C(=O)c1ccc2ccccc2c1O. The van der Waals surface area contributed by atoms with Crippen molar-refractivity contribution >= 4 is 28.3 Å². The minimum absolute atomic E-state index is 0.00261. The van der Waals surface area contributed by atoms with Crippen LogP contribution in [0.3, 0.4) is 0 Å². The lowest BCUT2D eigenvalue weighted by molar-refractivity contribution is 0.0779. The number of hydrogen-bond acceptors (Lipinski definition) is 3. The Bertz CT molecular complexity index is 644. The minimum Gasteiger partial charge on any atom is -0.506 e. The molecule has 0 fully saturated rings. The van der Waals surface area contributed by atoms with E-state index in [-0.39, 0.29) is 22.6 Å². The quantitative estimate of drug-likeness (QED) is 0.864. The zero-order chi connectivity index (χ0) is 15.4. The number of hydrogen-bond donors (Lipinski definition) is 1. The molecule has 0 aliphatic heterocycles. The number of alkyl halides is 1. The van der Waals surface area contributed by atoms with Gasteiger partial charge in [-0.05, 0) is 11.5 Å². The first kappa shape index (κ1) is 15.6. The number of phenols is 1. The van der Waals surface area contributed by atoms with Gasteiger partial charge in [0.1, 0.15) is 5.75 Å². The van der Waals surface area contributed by atoms with E-state index in [4.69, 9.17) is 16.3 Å². The van der Waals surface area contributed by atoms with Crippen molar-refractivity contribution in [3.63, 3.8) is 0 Å². The molecule has 0 saturated carbocycles. The average molecular weight is 308 g/mol. The summed E-state index contributed by atoms with van der Waals surface area (Å²) in [6, 6.07) is 10.8. The molecular formula is C16H18ClNO3. The van der Waals surface area contributed by atoms with Crippen LogP contribution in [0.15, 0.2) is 36.4 Å². The summed E-state index contributed by atoms with van der Waals surface area (Å²) < 4.78 is 4.95. The van der Waals surface area contributed by atoms with E-state index in [1.54, 1.807) is 26.3 Å². The fourth-order valence-electron chi connectivity index (χ4n) is 2.25. The average Bonchev–Trinajstić information content (AvgIpc) is 2.47. The molecule has 0 bridgehead atoms. The molecule has 0 radical (unpaired) electrons. The molecule has 1 N–H and O–H groups in total. The van der Waals surface area contributed by atoms with Gasteiger partial charge in [-0.3, -0.25) is 4.79 Å². The van der Waals surface area contributed by atoms with Gasteiger partial charge in [0.05, 0.1) is 17.5 Å². The van der Waals surface area contributed by atoms with Gasteiger partial charge in [0.15, 0.2) is 0 Å². The van der Waals surface area contributed by atoms with Crippen LogP contribution in [0.2, 0.25) is 0 Å². The topological polar surface area (TPSA) is 49.8 Å². The van der Waals surface area contributed by atoms with E-state index >= 15 is 0 Å². The third-order valence-corrected chi connectivity index (χ3v) is 3.56. The maximum Gasteiger partial charge on any atom is 0.257 e. The summed E-state index contributed by atoms with van der Waals surface area (Å²) in [4.78, 5) is 13.9. The van der Waals surface area contributed by atoms with Gasteiger partial charge in [-0.25, -0.2) is 0 Å². The summed E-state index contributed by atoms with van der Waals surface area (Å²) >= 11 is 6.06. The lowest BCUT2D eigenvalue weighted by Crippen LogP contribution is -2.34. The maximum absolute atomic E-state index is 12.4. The monoisotopic (exact) mass is 307 g/mol. The van der Waals surface area contributed by atoms with Crippen molar-refractivity contribution in [2.75, 3.05) is 27.3 Å². The third kappa shape index (κ3) is 3.46. The van der Waals surface area contributed by atoms with Gasteiger partial charge in [0.2, 0.25) is 0 Å². The molecule has 5 heteroatoms. The second-order valence-corrected chi connectivity index (χ2v) is 5.54. The first-order valence-corrected chi connectivity index (χ1v) is 7.07. The van der Waals surface area contributed by atoms with E-state index in [2.05, 4.69) is 0 Å². The van der Waals surface area contributed by atoms with Crippen molar-refractivity contribution in [1.29, 1.82) is 0 Å². The molecule has 0 saturated heterocycles. The third-order valence-electron chi connectivity index (χ3n) is 3.30. The first-order chi connectivity index (χ1) is 10.0. The van der Waals surface area contributed by atoms with Crippen molar-refractivity contribution in [3.8, 4) is 5.75 Å². The molecule has 2 aromatic rings. The summed E-state index contributed by atoms with van der Waals surface area (Å²) in [5.74, 6) is -0.261. The van der Waals surface area contributed by atoms with Crippen molar-refractivity contribution in [3.05, 3.63) is 42.0 Å². The normalized spacial score (nSPS) is 12.3. The molecule has 2 rings (SSSR count). The van der Waals surface area contributed by atoms with Crippen LogP contribution in [-0.2, 0) is 4.74 Å². The molecule has 0 aliphatic carbocycles. The van der Waals surface area contributed by atoms with Crippen LogP contribution in [0.1, 0.15) is 10.4 Å². The number of nitrogens with zero attached hydrogens (tertiary/aromatic N) is 1. The molecule has 112 valence electrons. The molecule has 0 heterocycles. The van der Waals surface area contributed by atoms with Gasteiger partial charge in [-0.15, -0.1) is 11.6 Å². The molecule has 1 amide bonds. The largest absolute Gasteiger partial charge is 0.506 e. The Morgan fingerprint density at radius 2 is 2.05 bits per heavy atom.